The maximum atomic E-state index is 12.4. The first-order valence-corrected chi connectivity index (χ1v) is 9.27. The Morgan fingerprint density at radius 2 is 1.75 bits per heavy atom. The van der Waals surface area contributed by atoms with Crippen molar-refractivity contribution in [1.82, 2.24) is 4.98 Å². The van der Waals surface area contributed by atoms with Crippen molar-refractivity contribution in [2.45, 2.75) is 0 Å². The minimum Gasteiger partial charge on any atom is -0.422 e. The molecule has 0 saturated heterocycles. The summed E-state index contributed by atoms with van der Waals surface area (Å²) < 4.78 is 5.32. The first kappa shape index (κ1) is 17.7. The quantitative estimate of drug-likeness (QED) is 0.406. The van der Waals surface area contributed by atoms with Crippen molar-refractivity contribution in [3.05, 3.63) is 93.0 Å². The number of rotatable bonds is 4. The number of H-pyrrole nitrogens is 1. The molecular weight excluding hydrogens is 376 g/mol. The summed E-state index contributed by atoms with van der Waals surface area (Å²) in [4.78, 5) is 39.7. The molecule has 0 spiro atoms. The second-order valence-electron chi connectivity index (χ2n) is 5.94. The number of aromatic nitrogens is 1. The van der Waals surface area contributed by atoms with E-state index in [0.29, 0.717) is 27.1 Å². The zero-order valence-electron chi connectivity index (χ0n) is 14.5. The number of amides is 1. The molecule has 2 N–H and O–H groups in total. The number of ether oxygens (including phenoxy) is 1. The van der Waals surface area contributed by atoms with Gasteiger partial charge in [-0.15, -0.1) is 11.3 Å². The van der Waals surface area contributed by atoms with Crippen LogP contribution in [0.1, 0.15) is 20.2 Å². The highest BCUT2D eigenvalue weighted by Gasteiger charge is 2.12. The molecule has 0 bridgehead atoms. The standard InChI is InChI=1S/C21H14N2O4S/c24-19-16-5-2-1-4-13(16)12-17(23-19)21(26)27-15-9-7-14(8-10-15)22-20(25)18-6-3-11-28-18/h1-12H,(H,22,25)(H,23,24). The average molecular weight is 390 g/mol. The van der Waals surface area contributed by atoms with Crippen LogP contribution in [0.4, 0.5) is 5.69 Å². The van der Waals surface area contributed by atoms with Crippen molar-refractivity contribution in [3.8, 4) is 5.75 Å². The van der Waals surface area contributed by atoms with Crippen LogP contribution in [-0.2, 0) is 0 Å². The van der Waals surface area contributed by atoms with Gasteiger partial charge in [0.15, 0.2) is 0 Å². The maximum absolute atomic E-state index is 12.4. The molecule has 0 saturated carbocycles. The van der Waals surface area contributed by atoms with E-state index in [1.54, 1.807) is 66.7 Å². The van der Waals surface area contributed by atoms with Gasteiger partial charge in [-0.2, -0.15) is 0 Å². The van der Waals surface area contributed by atoms with Gasteiger partial charge >= 0.3 is 5.97 Å². The molecule has 0 fully saturated rings. The summed E-state index contributed by atoms with van der Waals surface area (Å²) in [5.74, 6) is -0.570. The molecule has 0 radical (unpaired) electrons. The molecule has 138 valence electrons. The first-order valence-electron chi connectivity index (χ1n) is 8.39. The van der Waals surface area contributed by atoms with Crippen LogP contribution < -0.4 is 15.6 Å². The van der Waals surface area contributed by atoms with E-state index in [2.05, 4.69) is 10.3 Å². The number of carbonyl (C=O) groups is 2. The van der Waals surface area contributed by atoms with Gasteiger partial charge in [0.05, 0.1) is 4.88 Å². The summed E-state index contributed by atoms with van der Waals surface area (Å²) in [6, 6.07) is 18.5. The molecule has 1 amide bonds. The van der Waals surface area contributed by atoms with Crippen molar-refractivity contribution in [2.75, 3.05) is 5.32 Å². The van der Waals surface area contributed by atoms with E-state index in [9.17, 15) is 14.4 Å². The van der Waals surface area contributed by atoms with Crippen LogP contribution in [-0.4, -0.2) is 16.9 Å². The van der Waals surface area contributed by atoms with Crippen molar-refractivity contribution in [3.63, 3.8) is 0 Å². The van der Waals surface area contributed by atoms with E-state index in [1.807, 2.05) is 5.38 Å². The Morgan fingerprint density at radius 3 is 2.50 bits per heavy atom. The molecule has 6 nitrogen and oxygen atoms in total. The normalized spacial score (nSPS) is 10.6. The van der Waals surface area contributed by atoms with Gasteiger partial charge in [-0.3, -0.25) is 9.59 Å². The van der Waals surface area contributed by atoms with Crippen LogP contribution >= 0.6 is 11.3 Å². The van der Waals surface area contributed by atoms with Crippen LogP contribution in [0.3, 0.4) is 0 Å². The maximum Gasteiger partial charge on any atom is 0.360 e. The van der Waals surface area contributed by atoms with Gasteiger partial charge in [-0.1, -0.05) is 24.3 Å². The Morgan fingerprint density at radius 1 is 0.964 bits per heavy atom. The van der Waals surface area contributed by atoms with Crippen molar-refractivity contribution in [2.24, 2.45) is 0 Å². The van der Waals surface area contributed by atoms with Gasteiger partial charge in [0.25, 0.3) is 11.5 Å². The number of esters is 1. The third-order valence-electron chi connectivity index (χ3n) is 4.04. The summed E-state index contributed by atoms with van der Waals surface area (Å²) in [6.45, 7) is 0. The van der Waals surface area contributed by atoms with Crippen molar-refractivity contribution < 1.29 is 14.3 Å². The zero-order chi connectivity index (χ0) is 19.5. The van der Waals surface area contributed by atoms with Crippen LogP contribution in [0.2, 0.25) is 0 Å². The Labute approximate surface area is 163 Å². The Bertz CT molecular complexity index is 1210. The molecular formula is C21H14N2O4S. The molecule has 0 aliphatic heterocycles. The number of nitrogens with one attached hydrogen (secondary N) is 2. The molecule has 0 aliphatic carbocycles. The van der Waals surface area contributed by atoms with Crippen LogP contribution in [0.25, 0.3) is 10.8 Å². The highest BCUT2D eigenvalue weighted by Crippen LogP contribution is 2.19. The number of fused-ring (bicyclic) bond motifs is 1. The average Bonchev–Trinajstić information content (AvgIpc) is 3.24. The largest absolute Gasteiger partial charge is 0.422 e. The van der Waals surface area contributed by atoms with Gasteiger partial charge in [-0.05, 0) is 53.2 Å². The second kappa shape index (κ2) is 7.50. The number of hydrogen-bond acceptors (Lipinski definition) is 5. The van der Waals surface area contributed by atoms with E-state index in [4.69, 9.17) is 4.74 Å². The smallest absolute Gasteiger partial charge is 0.360 e. The number of pyridine rings is 1. The molecule has 2 aromatic heterocycles. The zero-order valence-corrected chi connectivity index (χ0v) is 15.3. The minimum atomic E-state index is -0.668. The number of aromatic amines is 1. The molecule has 7 heteroatoms. The Kier molecular flexibility index (Phi) is 4.74. The van der Waals surface area contributed by atoms with Gasteiger partial charge in [0, 0.05) is 11.1 Å². The highest BCUT2D eigenvalue weighted by molar-refractivity contribution is 7.12. The number of anilines is 1. The Hall–Kier alpha value is -3.71. The molecule has 2 aromatic carbocycles. The first-order chi connectivity index (χ1) is 13.6. The predicted molar refractivity (Wildman–Crippen MR) is 108 cm³/mol. The summed E-state index contributed by atoms with van der Waals surface area (Å²) in [7, 11) is 0. The third-order valence-corrected chi connectivity index (χ3v) is 4.91. The minimum absolute atomic E-state index is 0.0683. The van der Waals surface area contributed by atoms with E-state index < -0.39 is 5.97 Å². The van der Waals surface area contributed by atoms with Gasteiger partial charge < -0.3 is 15.0 Å². The lowest BCUT2D eigenvalue weighted by Crippen LogP contribution is -2.17. The molecule has 0 unspecified atom stereocenters. The monoisotopic (exact) mass is 390 g/mol. The van der Waals surface area contributed by atoms with Crippen LogP contribution in [0.5, 0.6) is 5.75 Å². The summed E-state index contributed by atoms with van der Waals surface area (Å²) in [6.07, 6.45) is 0. The lowest BCUT2D eigenvalue weighted by atomic mass is 10.1. The van der Waals surface area contributed by atoms with E-state index in [1.165, 1.54) is 11.3 Å². The fourth-order valence-corrected chi connectivity index (χ4v) is 3.31. The molecule has 4 rings (SSSR count). The number of thiophene rings is 1. The fraction of sp³-hybridized carbons (Fsp3) is 0. The Balaban J connectivity index is 1.48. The highest BCUT2D eigenvalue weighted by atomic mass is 32.1. The summed E-state index contributed by atoms with van der Waals surface area (Å²) >= 11 is 1.35. The number of hydrogen-bond donors (Lipinski definition) is 2. The molecule has 2 heterocycles. The lowest BCUT2D eigenvalue weighted by Gasteiger charge is -2.07. The molecule has 28 heavy (non-hydrogen) atoms. The van der Waals surface area contributed by atoms with Gasteiger partial charge in [0.1, 0.15) is 11.4 Å². The van der Waals surface area contributed by atoms with Crippen LogP contribution in [0, 0.1) is 0 Å². The number of carbonyl (C=O) groups excluding carboxylic acids is 2. The third kappa shape index (κ3) is 3.70. The summed E-state index contributed by atoms with van der Waals surface area (Å²) in [5.41, 5.74) is 0.299. The molecule has 0 aliphatic rings. The number of benzene rings is 2. The lowest BCUT2D eigenvalue weighted by molar-refractivity contribution is 0.0728. The van der Waals surface area contributed by atoms with Crippen molar-refractivity contribution >= 4 is 39.7 Å². The molecule has 0 atom stereocenters. The van der Waals surface area contributed by atoms with E-state index in [0.717, 1.165) is 0 Å². The SMILES string of the molecule is O=C(Oc1ccc(NC(=O)c2cccs2)cc1)c1cc2ccccc2c(=O)[nH]1. The molecule has 4 aromatic rings. The van der Waals surface area contributed by atoms with Gasteiger partial charge in [0.2, 0.25) is 0 Å². The van der Waals surface area contributed by atoms with Gasteiger partial charge in [-0.25, -0.2) is 4.79 Å². The predicted octanol–water partition coefficient (Wildman–Crippen LogP) is 4.06. The van der Waals surface area contributed by atoms with E-state index in [-0.39, 0.29) is 17.2 Å². The fourth-order valence-electron chi connectivity index (χ4n) is 2.69. The van der Waals surface area contributed by atoms with Crippen LogP contribution in [0.15, 0.2) is 76.9 Å². The topological polar surface area (TPSA) is 88.3 Å². The van der Waals surface area contributed by atoms with E-state index >= 15 is 0 Å². The second-order valence-corrected chi connectivity index (χ2v) is 6.89. The van der Waals surface area contributed by atoms with Crippen molar-refractivity contribution in [1.29, 1.82) is 0 Å². The summed E-state index contributed by atoms with van der Waals surface area (Å²) in [5, 5.41) is 5.76.